The van der Waals surface area contributed by atoms with Crippen LogP contribution < -0.4 is 9.96 Å². The first-order valence-electron chi connectivity index (χ1n) is 5.53. The van der Waals surface area contributed by atoms with Crippen molar-refractivity contribution >= 4 is 5.69 Å². The lowest BCUT2D eigenvalue weighted by atomic mass is 10.0. The van der Waals surface area contributed by atoms with Crippen LogP contribution in [0.15, 0.2) is 42.5 Å². The number of anilines is 1. The van der Waals surface area contributed by atoms with E-state index in [-0.39, 0.29) is 10.9 Å². The van der Waals surface area contributed by atoms with Crippen molar-refractivity contribution in [3.63, 3.8) is 0 Å². The molecule has 18 heavy (non-hydrogen) atoms. The Morgan fingerprint density at radius 1 is 1.17 bits per heavy atom. The monoisotopic (exact) mass is 244 g/mol. The van der Waals surface area contributed by atoms with Crippen LogP contribution in [0.2, 0.25) is 0 Å². The minimum Gasteiger partial charge on any atom is -0.733 e. The number of benzene rings is 2. The topological polar surface area (TPSA) is 55.8 Å². The number of nitrogens with zero attached hydrogens (tertiary/aromatic N) is 1. The third kappa shape index (κ3) is 2.45. The molecule has 0 amide bonds. The Morgan fingerprint density at radius 3 is 2.61 bits per heavy atom. The van der Waals surface area contributed by atoms with E-state index in [1.165, 1.54) is 0 Å². The molecule has 4 heteroatoms. The average Bonchev–Trinajstić information content (AvgIpc) is 2.39. The maximum Gasteiger partial charge on any atom is 0.126 e. The number of hydrogen-bond donors (Lipinski definition) is 1. The predicted octanol–water partition coefficient (Wildman–Crippen LogP) is 3.36. The summed E-state index contributed by atoms with van der Waals surface area (Å²) in [6.45, 7) is 1.98. The Morgan fingerprint density at radius 2 is 1.94 bits per heavy atom. The second-order valence-corrected chi connectivity index (χ2v) is 4.03. The Bertz CT molecular complexity index is 552. The Balaban J connectivity index is 2.54. The normalized spacial score (nSPS) is 10.2. The van der Waals surface area contributed by atoms with Crippen molar-refractivity contribution in [2.45, 2.75) is 6.92 Å². The summed E-state index contributed by atoms with van der Waals surface area (Å²) >= 11 is 0. The molecule has 0 aliphatic rings. The molecule has 0 heterocycles. The van der Waals surface area contributed by atoms with Crippen molar-refractivity contribution in [1.29, 1.82) is 0 Å². The molecule has 0 saturated carbocycles. The molecule has 0 aromatic heterocycles. The van der Waals surface area contributed by atoms with Crippen LogP contribution in [0.1, 0.15) is 5.56 Å². The highest BCUT2D eigenvalue weighted by atomic mass is 16.8. The van der Waals surface area contributed by atoms with Gasteiger partial charge in [0.05, 0.1) is 12.8 Å². The molecule has 4 nitrogen and oxygen atoms in total. The number of aryl methyl sites for hydroxylation is 1. The van der Waals surface area contributed by atoms with Gasteiger partial charge in [0.25, 0.3) is 0 Å². The average molecular weight is 244 g/mol. The first kappa shape index (κ1) is 12.4. The lowest BCUT2D eigenvalue weighted by molar-refractivity contribution is 0.296. The molecule has 0 aliphatic heterocycles. The van der Waals surface area contributed by atoms with Gasteiger partial charge in [-0.05, 0) is 36.8 Å². The van der Waals surface area contributed by atoms with E-state index in [0.717, 1.165) is 22.4 Å². The molecule has 2 aromatic carbocycles. The van der Waals surface area contributed by atoms with Crippen LogP contribution in [-0.2, 0) is 0 Å². The summed E-state index contributed by atoms with van der Waals surface area (Å²) in [6.07, 6.45) is 0. The molecule has 0 aliphatic carbocycles. The minimum atomic E-state index is -0.147. The number of methoxy groups -OCH3 is 1. The summed E-state index contributed by atoms with van der Waals surface area (Å²) < 4.78 is 5.30. The van der Waals surface area contributed by atoms with Crippen molar-refractivity contribution in [2.24, 2.45) is 0 Å². The number of rotatable bonds is 3. The Labute approximate surface area is 106 Å². The van der Waals surface area contributed by atoms with E-state index in [1.807, 2.05) is 31.2 Å². The van der Waals surface area contributed by atoms with Crippen LogP contribution in [0, 0.1) is 12.1 Å². The summed E-state index contributed by atoms with van der Waals surface area (Å²) in [4.78, 5) is 0. The van der Waals surface area contributed by atoms with Gasteiger partial charge in [-0.2, -0.15) is 0 Å². The summed E-state index contributed by atoms with van der Waals surface area (Å²) in [5.74, 6) is 0.730. The SMILES string of the molecule is COc1ccc(C)cc1-c1cccc(N([O-])O)c1. The molecule has 0 radical (unpaired) electrons. The van der Waals surface area contributed by atoms with Gasteiger partial charge in [0.2, 0.25) is 0 Å². The van der Waals surface area contributed by atoms with Gasteiger partial charge in [0.15, 0.2) is 0 Å². The highest BCUT2D eigenvalue weighted by molar-refractivity contribution is 5.74. The fraction of sp³-hybridized carbons (Fsp3) is 0.143. The van der Waals surface area contributed by atoms with Gasteiger partial charge in [0.1, 0.15) is 5.75 Å². The molecule has 2 rings (SSSR count). The number of ether oxygens (including phenoxy) is 1. The van der Waals surface area contributed by atoms with Gasteiger partial charge in [-0.1, -0.05) is 23.8 Å². The minimum absolute atomic E-state index is 0.147. The zero-order chi connectivity index (χ0) is 13.1. The molecule has 1 N–H and O–H groups in total. The van der Waals surface area contributed by atoms with E-state index in [4.69, 9.17) is 9.94 Å². The van der Waals surface area contributed by atoms with Crippen LogP contribution in [0.5, 0.6) is 5.75 Å². The molecule has 0 fully saturated rings. The van der Waals surface area contributed by atoms with Crippen molar-refractivity contribution in [1.82, 2.24) is 0 Å². The van der Waals surface area contributed by atoms with Crippen LogP contribution in [-0.4, -0.2) is 12.3 Å². The number of hydrogen-bond acceptors (Lipinski definition) is 4. The maximum absolute atomic E-state index is 10.9. The molecule has 0 unspecified atom stereocenters. The van der Waals surface area contributed by atoms with Crippen LogP contribution in [0.25, 0.3) is 11.1 Å². The van der Waals surface area contributed by atoms with Crippen LogP contribution in [0.3, 0.4) is 0 Å². The van der Waals surface area contributed by atoms with Gasteiger partial charge in [-0.25, -0.2) is 0 Å². The lowest BCUT2D eigenvalue weighted by Crippen LogP contribution is -2.06. The zero-order valence-electron chi connectivity index (χ0n) is 10.3. The standard InChI is InChI=1S/C14H14NO3/c1-10-6-7-14(18-2)13(8-10)11-4-3-5-12(9-11)15(16)17/h3-9,16H,1-2H3/q-1. The van der Waals surface area contributed by atoms with E-state index >= 15 is 0 Å². The van der Waals surface area contributed by atoms with Crippen molar-refractivity contribution < 1.29 is 9.94 Å². The molecule has 2 aromatic rings. The van der Waals surface area contributed by atoms with Crippen molar-refractivity contribution in [3.8, 4) is 16.9 Å². The van der Waals surface area contributed by atoms with E-state index in [9.17, 15) is 5.21 Å². The van der Waals surface area contributed by atoms with E-state index < -0.39 is 0 Å². The highest BCUT2D eigenvalue weighted by Gasteiger charge is 2.06. The summed E-state index contributed by atoms with van der Waals surface area (Å²) in [5.41, 5.74) is 3.00. The lowest BCUT2D eigenvalue weighted by Gasteiger charge is -2.22. The summed E-state index contributed by atoms with van der Waals surface area (Å²) in [6, 6.07) is 12.6. The predicted molar refractivity (Wildman–Crippen MR) is 70.8 cm³/mol. The fourth-order valence-electron chi connectivity index (χ4n) is 1.84. The molecule has 0 spiro atoms. The quantitative estimate of drug-likeness (QED) is 0.841. The molecule has 94 valence electrons. The third-order valence-electron chi connectivity index (χ3n) is 2.73. The van der Waals surface area contributed by atoms with Gasteiger partial charge >= 0.3 is 0 Å². The molecule has 0 bridgehead atoms. The van der Waals surface area contributed by atoms with E-state index in [2.05, 4.69) is 0 Å². The maximum atomic E-state index is 10.9. The van der Waals surface area contributed by atoms with Gasteiger partial charge < -0.3 is 15.2 Å². The van der Waals surface area contributed by atoms with Crippen LogP contribution >= 0.6 is 0 Å². The molecular formula is C14H14NO3-. The van der Waals surface area contributed by atoms with Gasteiger partial charge in [0, 0.05) is 5.56 Å². The Hall–Kier alpha value is -2.04. The molecule has 0 saturated heterocycles. The highest BCUT2D eigenvalue weighted by Crippen LogP contribution is 2.32. The second-order valence-electron chi connectivity index (χ2n) is 4.03. The van der Waals surface area contributed by atoms with E-state index in [1.54, 1.807) is 25.3 Å². The van der Waals surface area contributed by atoms with Crippen molar-refractivity contribution in [2.75, 3.05) is 12.3 Å². The zero-order valence-corrected chi connectivity index (χ0v) is 10.3. The molecule has 0 atom stereocenters. The fourth-order valence-corrected chi connectivity index (χ4v) is 1.84. The smallest absolute Gasteiger partial charge is 0.126 e. The first-order valence-corrected chi connectivity index (χ1v) is 5.53. The second kappa shape index (κ2) is 5.08. The summed E-state index contributed by atoms with van der Waals surface area (Å²) in [5, 5.41) is 19.7. The van der Waals surface area contributed by atoms with Gasteiger partial charge in [-0.15, -0.1) is 0 Å². The molecular weight excluding hydrogens is 230 g/mol. The van der Waals surface area contributed by atoms with Crippen LogP contribution in [0.4, 0.5) is 5.69 Å². The summed E-state index contributed by atoms with van der Waals surface area (Å²) in [7, 11) is 1.60. The first-order chi connectivity index (χ1) is 8.61. The van der Waals surface area contributed by atoms with Crippen molar-refractivity contribution in [3.05, 3.63) is 53.2 Å². The largest absolute Gasteiger partial charge is 0.733 e. The van der Waals surface area contributed by atoms with Gasteiger partial charge in [-0.3, -0.25) is 5.21 Å². The van der Waals surface area contributed by atoms with E-state index in [0.29, 0.717) is 0 Å². The Kier molecular flexibility index (Phi) is 3.50. The third-order valence-corrected chi connectivity index (χ3v) is 2.73.